The van der Waals surface area contributed by atoms with Gasteiger partial charge in [-0.25, -0.2) is 9.97 Å². The number of nitrogens with zero attached hydrogens (tertiary/aromatic N) is 4. The second kappa shape index (κ2) is 11.7. The Morgan fingerprint density at radius 3 is 1.72 bits per heavy atom. The van der Waals surface area contributed by atoms with Gasteiger partial charge in [-0.2, -0.15) is 0 Å². The third-order valence-electron chi connectivity index (χ3n) is 11.9. The van der Waals surface area contributed by atoms with Crippen LogP contribution in [-0.4, -0.2) is 19.1 Å². The fourth-order valence-corrected chi connectivity index (χ4v) is 10.5. The third-order valence-corrected chi connectivity index (χ3v) is 13.0. The molecule has 4 heterocycles. The molecule has 0 amide bonds. The molecule has 0 unspecified atom stereocenters. The SMILES string of the molecule is c1ccc(-n2c3ccc(-c4ccc5c(c4)c4ccc6ccccc6c4n5-c4nc5c6c(cccc6n4)Sc4ccccc4-5)cc3c3ccc4ccccc4c32)cc1. The standard InChI is InChI=1S/C52H30N4S/c1-2-13-35(14-3-1)55-44-27-23-33(29-41(44)38-25-21-31-11-4-6-15-36(31)50(38)55)34-24-28-45-42(30-34)39-26-22-32-12-5-7-16-37(32)51(39)56(45)52-53-43-18-10-20-47-48(43)49(54-52)40-17-8-9-19-46(40)57-47/h1-30H. The molecule has 0 radical (unpaired) electrons. The van der Waals surface area contributed by atoms with Crippen molar-refractivity contribution in [2.45, 2.75) is 9.79 Å². The van der Waals surface area contributed by atoms with Crippen LogP contribution in [0.15, 0.2) is 192 Å². The van der Waals surface area contributed by atoms with Gasteiger partial charge in [-0.3, -0.25) is 4.57 Å². The summed E-state index contributed by atoms with van der Waals surface area (Å²) in [5.74, 6) is 0.683. The van der Waals surface area contributed by atoms with Crippen LogP contribution in [0.2, 0.25) is 0 Å². The average Bonchev–Trinajstić information content (AvgIpc) is 3.79. The van der Waals surface area contributed by atoms with Gasteiger partial charge in [0, 0.05) is 58.7 Å². The van der Waals surface area contributed by atoms with E-state index in [9.17, 15) is 0 Å². The lowest BCUT2D eigenvalue weighted by atomic mass is 9.99. The van der Waals surface area contributed by atoms with E-state index in [1.54, 1.807) is 11.8 Å². The van der Waals surface area contributed by atoms with E-state index < -0.39 is 0 Å². The van der Waals surface area contributed by atoms with Crippen molar-refractivity contribution < 1.29 is 0 Å². The van der Waals surface area contributed by atoms with Gasteiger partial charge >= 0.3 is 0 Å². The van der Waals surface area contributed by atoms with E-state index in [2.05, 4.69) is 191 Å². The number of para-hydroxylation sites is 1. The summed E-state index contributed by atoms with van der Waals surface area (Å²) in [6, 6.07) is 66.0. The van der Waals surface area contributed by atoms with E-state index in [-0.39, 0.29) is 0 Å². The highest BCUT2D eigenvalue weighted by atomic mass is 32.2. The number of hydrogen-bond acceptors (Lipinski definition) is 3. The van der Waals surface area contributed by atoms with Crippen LogP contribution in [0.5, 0.6) is 0 Å². The van der Waals surface area contributed by atoms with Crippen LogP contribution in [0.3, 0.4) is 0 Å². The summed E-state index contributed by atoms with van der Waals surface area (Å²) in [6.45, 7) is 0. The first-order valence-corrected chi connectivity index (χ1v) is 20.1. The molecule has 57 heavy (non-hydrogen) atoms. The van der Waals surface area contributed by atoms with Crippen LogP contribution in [0.1, 0.15) is 0 Å². The number of aromatic nitrogens is 4. The van der Waals surface area contributed by atoms with Crippen molar-refractivity contribution in [3.63, 3.8) is 0 Å². The Labute approximate surface area is 331 Å². The zero-order valence-corrected chi connectivity index (χ0v) is 31.3. The maximum atomic E-state index is 5.45. The van der Waals surface area contributed by atoms with Crippen LogP contribution < -0.4 is 0 Å². The van der Waals surface area contributed by atoms with Crippen molar-refractivity contribution in [1.82, 2.24) is 19.1 Å². The predicted molar refractivity (Wildman–Crippen MR) is 238 cm³/mol. The lowest BCUT2D eigenvalue weighted by molar-refractivity contribution is 1.01. The van der Waals surface area contributed by atoms with Crippen LogP contribution in [0.25, 0.3) is 110 Å². The molecule has 1 aliphatic rings. The minimum absolute atomic E-state index is 0.683. The van der Waals surface area contributed by atoms with E-state index in [4.69, 9.17) is 9.97 Å². The normalized spacial score (nSPS) is 12.5. The van der Waals surface area contributed by atoms with Gasteiger partial charge in [0.25, 0.3) is 0 Å². The molecule has 4 nitrogen and oxygen atoms in total. The molecule has 0 atom stereocenters. The van der Waals surface area contributed by atoms with Crippen LogP contribution >= 0.6 is 11.8 Å². The van der Waals surface area contributed by atoms with E-state index in [1.807, 2.05) is 0 Å². The summed E-state index contributed by atoms with van der Waals surface area (Å²) in [4.78, 5) is 13.2. The summed E-state index contributed by atoms with van der Waals surface area (Å²) in [7, 11) is 0. The maximum absolute atomic E-state index is 5.45. The zero-order valence-electron chi connectivity index (χ0n) is 30.5. The predicted octanol–water partition coefficient (Wildman–Crippen LogP) is 13.9. The largest absolute Gasteiger partial charge is 0.309 e. The minimum Gasteiger partial charge on any atom is -0.309 e. The monoisotopic (exact) mass is 742 g/mol. The molecule has 5 heteroatoms. The highest BCUT2D eigenvalue weighted by Crippen LogP contribution is 2.48. The fraction of sp³-hybridized carbons (Fsp3) is 0. The molecule has 0 N–H and O–H groups in total. The smallest absolute Gasteiger partial charge is 0.235 e. The molecule has 0 bridgehead atoms. The second-order valence-corrected chi connectivity index (χ2v) is 16.0. The first-order valence-electron chi connectivity index (χ1n) is 19.3. The van der Waals surface area contributed by atoms with Gasteiger partial charge in [0.15, 0.2) is 0 Å². The molecule has 264 valence electrons. The van der Waals surface area contributed by atoms with Crippen molar-refractivity contribution in [3.05, 3.63) is 182 Å². The third kappa shape index (κ3) is 4.40. The highest BCUT2D eigenvalue weighted by molar-refractivity contribution is 7.99. The van der Waals surface area contributed by atoms with Crippen molar-refractivity contribution in [2.75, 3.05) is 0 Å². The van der Waals surface area contributed by atoms with E-state index >= 15 is 0 Å². The maximum Gasteiger partial charge on any atom is 0.235 e. The van der Waals surface area contributed by atoms with Gasteiger partial charge in [0.2, 0.25) is 5.95 Å². The molecule has 9 aromatic carbocycles. The van der Waals surface area contributed by atoms with Gasteiger partial charge in [0.1, 0.15) is 0 Å². The van der Waals surface area contributed by atoms with Gasteiger partial charge in [0.05, 0.1) is 33.3 Å². The Morgan fingerprint density at radius 2 is 1.00 bits per heavy atom. The van der Waals surface area contributed by atoms with Gasteiger partial charge in [-0.1, -0.05) is 139 Å². The molecule has 0 aliphatic carbocycles. The van der Waals surface area contributed by atoms with Crippen molar-refractivity contribution >= 4 is 87.8 Å². The van der Waals surface area contributed by atoms with E-state index in [0.29, 0.717) is 5.95 Å². The molecule has 0 saturated heterocycles. The topological polar surface area (TPSA) is 35.6 Å². The minimum atomic E-state index is 0.683. The lowest BCUT2D eigenvalue weighted by Crippen LogP contribution is -2.05. The summed E-state index contributed by atoms with van der Waals surface area (Å²) in [5, 5.41) is 10.8. The molecular weight excluding hydrogens is 713 g/mol. The highest BCUT2D eigenvalue weighted by Gasteiger charge is 2.25. The quantitative estimate of drug-likeness (QED) is 0.181. The Kier molecular flexibility index (Phi) is 6.35. The summed E-state index contributed by atoms with van der Waals surface area (Å²) in [5.41, 5.74) is 11.2. The Bertz CT molecular complexity index is 3670. The number of fused-ring (bicyclic) bond motifs is 12. The molecule has 3 aromatic heterocycles. The fourth-order valence-electron chi connectivity index (χ4n) is 9.36. The average molecular weight is 743 g/mol. The summed E-state index contributed by atoms with van der Waals surface area (Å²) >= 11 is 1.80. The zero-order chi connectivity index (χ0) is 37.2. The molecule has 0 spiro atoms. The number of benzene rings is 9. The molecular formula is C52H30N4S. The lowest BCUT2D eigenvalue weighted by Gasteiger charge is -2.20. The van der Waals surface area contributed by atoms with E-state index in [1.165, 1.54) is 75.0 Å². The molecule has 12 aromatic rings. The number of hydrogen-bond donors (Lipinski definition) is 0. The summed E-state index contributed by atoms with van der Waals surface area (Å²) in [6.07, 6.45) is 0. The first kappa shape index (κ1) is 31.0. The Balaban J connectivity index is 1.07. The Hall–Kier alpha value is -7.21. The van der Waals surface area contributed by atoms with E-state index in [0.717, 1.165) is 38.9 Å². The van der Waals surface area contributed by atoms with Crippen molar-refractivity contribution in [3.8, 4) is 34.0 Å². The van der Waals surface area contributed by atoms with Crippen LogP contribution in [0.4, 0.5) is 0 Å². The molecule has 0 saturated carbocycles. The van der Waals surface area contributed by atoms with Gasteiger partial charge < -0.3 is 4.57 Å². The van der Waals surface area contributed by atoms with Crippen molar-refractivity contribution in [1.29, 1.82) is 0 Å². The van der Waals surface area contributed by atoms with Crippen LogP contribution in [0, 0.1) is 0 Å². The molecule has 1 aliphatic heterocycles. The van der Waals surface area contributed by atoms with Gasteiger partial charge in [-0.05, 0) is 76.5 Å². The second-order valence-electron chi connectivity index (χ2n) is 15.0. The Morgan fingerprint density at radius 1 is 0.404 bits per heavy atom. The van der Waals surface area contributed by atoms with Crippen molar-refractivity contribution in [2.24, 2.45) is 0 Å². The van der Waals surface area contributed by atoms with Crippen LogP contribution in [-0.2, 0) is 0 Å². The molecule has 0 fully saturated rings. The number of rotatable bonds is 3. The molecule has 13 rings (SSSR count). The summed E-state index contributed by atoms with van der Waals surface area (Å²) < 4.78 is 4.72. The van der Waals surface area contributed by atoms with Gasteiger partial charge in [-0.15, -0.1) is 0 Å². The first-order chi connectivity index (χ1) is 28.3.